The molecule has 7 heteroatoms. The Morgan fingerprint density at radius 3 is 2.62 bits per heavy atom. The van der Waals surface area contributed by atoms with Crippen molar-refractivity contribution in [2.45, 2.75) is 62.8 Å². The highest BCUT2D eigenvalue weighted by Crippen LogP contribution is 2.33. The largest absolute Gasteiger partial charge is 0.371 e. The molecule has 4 unspecified atom stereocenters. The number of anilines is 1. The van der Waals surface area contributed by atoms with E-state index in [4.69, 9.17) is 14.5 Å². The zero-order valence-corrected chi connectivity index (χ0v) is 13.9. The first-order valence-corrected chi connectivity index (χ1v) is 8.80. The van der Waals surface area contributed by atoms with Gasteiger partial charge in [-0.3, -0.25) is 4.79 Å². The van der Waals surface area contributed by atoms with Gasteiger partial charge in [0.15, 0.2) is 0 Å². The fraction of sp³-hybridized carbons (Fsp3) is 0.706. The Morgan fingerprint density at radius 2 is 1.88 bits per heavy atom. The van der Waals surface area contributed by atoms with Gasteiger partial charge in [0, 0.05) is 24.7 Å². The second kappa shape index (κ2) is 6.64. The molecular formula is C17H24N4O3. The van der Waals surface area contributed by atoms with E-state index in [1.165, 1.54) is 32.6 Å². The molecule has 1 saturated carbocycles. The summed E-state index contributed by atoms with van der Waals surface area (Å²) >= 11 is 0. The van der Waals surface area contributed by atoms with Gasteiger partial charge in [-0.2, -0.15) is 0 Å². The normalized spacial score (nSPS) is 32.7. The third kappa shape index (κ3) is 3.10. The molecule has 0 radical (unpaired) electrons. The number of hydrogen-bond donors (Lipinski definition) is 2. The third-order valence-electron chi connectivity index (χ3n) is 5.21. The molecule has 4 rings (SSSR count). The van der Waals surface area contributed by atoms with Gasteiger partial charge in [0.25, 0.3) is 0 Å². The molecule has 3 fully saturated rings. The SMILES string of the molecule is CC(=O)NC1COC2C(Nc3nccc(C4CCCC4)n3)COC12. The molecule has 0 bridgehead atoms. The first kappa shape index (κ1) is 15.8. The third-order valence-corrected chi connectivity index (χ3v) is 5.21. The van der Waals surface area contributed by atoms with E-state index in [1.54, 1.807) is 0 Å². The van der Waals surface area contributed by atoms with Crippen molar-refractivity contribution in [1.29, 1.82) is 0 Å². The number of nitrogens with zero attached hydrogens (tertiary/aromatic N) is 2. The summed E-state index contributed by atoms with van der Waals surface area (Å²) in [6.45, 7) is 2.53. The zero-order chi connectivity index (χ0) is 16.5. The number of carbonyl (C=O) groups excluding carboxylic acids is 1. The smallest absolute Gasteiger partial charge is 0.223 e. The molecule has 7 nitrogen and oxygen atoms in total. The van der Waals surface area contributed by atoms with Gasteiger partial charge in [-0.15, -0.1) is 0 Å². The standard InChI is InChI=1S/C17H24N4O3/c1-10(22)19-13-8-23-16-14(9-24-15(13)16)21-17-18-7-6-12(20-17)11-4-2-3-5-11/h6-7,11,13-16H,2-5,8-9H2,1H3,(H,19,22)(H,18,20,21). The van der Waals surface area contributed by atoms with Crippen molar-refractivity contribution < 1.29 is 14.3 Å². The van der Waals surface area contributed by atoms with Gasteiger partial charge >= 0.3 is 0 Å². The van der Waals surface area contributed by atoms with Crippen LogP contribution in [0.2, 0.25) is 0 Å². The van der Waals surface area contributed by atoms with Crippen LogP contribution in [-0.2, 0) is 14.3 Å². The number of ether oxygens (including phenoxy) is 2. The summed E-state index contributed by atoms with van der Waals surface area (Å²) in [5, 5.41) is 6.26. The monoisotopic (exact) mass is 332 g/mol. The second-order valence-corrected chi connectivity index (χ2v) is 6.94. The quantitative estimate of drug-likeness (QED) is 0.862. The Kier molecular flexibility index (Phi) is 4.37. The lowest BCUT2D eigenvalue weighted by Gasteiger charge is -2.18. The van der Waals surface area contributed by atoms with Gasteiger partial charge in [-0.05, 0) is 18.9 Å². The molecule has 3 heterocycles. The van der Waals surface area contributed by atoms with Crippen molar-refractivity contribution in [2.24, 2.45) is 0 Å². The maximum Gasteiger partial charge on any atom is 0.223 e. The van der Waals surface area contributed by atoms with Crippen molar-refractivity contribution in [1.82, 2.24) is 15.3 Å². The average Bonchev–Trinajstić information content (AvgIpc) is 3.28. The van der Waals surface area contributed by atoms with Crippen LogP contribution in [0.15, 0.2) is 12.3 Å². The molecule has 0 spiro atoms. The first-order valence-electron chi connectivity index (χ1n) is 8.80. The second-order valence-electron chi connectivity index (χ2n) is 6.94. The Bertz CT molecular complexity index is 605. The number of fused-ring (bicyclic) bond motifs is 1. The van der Waals surface area contributed by atoms with Crippen LogP contribution >= 0.6 is 0 Å². The Balaban J connectivity index is 1.41. The highest BCUT2D eigenvalue weighted by Gasteiger charge is 2.48. The van der Waals surface area contributed by atoms with Crippen molar-refractivity contribution in [3.05, 3.63) is 18.0 Å². The van der Waals surface area contributed by atoms with Gasteiger partial charge in [0.1, 0.15) is 12.2 Å². The Hall–Kier alpha value is -1.73. The van der Waals surface area contributed by atoms with E-state index >= 15 is 0 Å². The Labute approximate surface area is 141 Å². The minimum absolute atomic E-state index is 0.00702. The van der Waals surface area contributed by atoms with Gasteiger partial charge < -0.3 is 20.1 Å². The number of hydrogen-bond acceptors (Lipinski definition) is 6. The van der Waals surface area contributed by atoms with E-state index in [1.807, 2.05) is 12.3 Å². The van der Waals surface area contributed by atoms with Crippen LogP contribution in [0.1, 0.15) is 44.2 Å². The van der Waals surface area contributed by atoms with E-state index in [0.717, 1.165) is 5.69 Å². The lowest BCUT2D eigenvalue weighted by molar-refractivity contribution is -0.120. The lowest BCUT2D eigenvalue weighted by atomic mass is 10.0. The van der Waals surface area contributed by atoms with Crippen LogP contribution < -0.4 is 10.6 Å². The molecular weight excluding hydrogens is 308 g/mol. The fourth-order valence-corrected chi connectivity index (χ4v) is 4.06. The molecule has 1 aliphatic carbocycles. The van der Waals surface area contributed by atoms with Crippen molar-refractivity contribution >= 4 is 11.9 Å². The van der Waals surface area contributed by atoms with Crippen LogP contribution in [0.25, 0.3) is 0 Å². The van der Waals surface area contributed by atoms with Crippen LogP contribution in [-0.4, -0.2) is 53.4 Å². The maximum atomic E-state index is 11.3. The Morgan fingerprint density at radius 1 is 1.17 bits per heavy atom. The average molecular weight is 332 g/mol. The summed E-state index contributed by atoms with van der Waals surface area (Å²) in [7, 11) is 0. The summed E-state index contributed by atoms with van der Waals surface area (Å²) in [6.07, 6.45) is 6.65. The van der Waals surface area contributed by atoms with Gasteiger partial charge in [0.05, 0.1) is 25.3 Å². The number of rotatable bonds is 4. The minimum Gasteiger partial charge on any atom is -0.371 e. The molecule has 2 aliphatic heterocycles. The highest BCUT2D eigenvalue weighted by atomic mass is 16.6. The number of amides is 1. The molecule has 1 aromatic rings. The van der Waals surface area contributed by atoms with E-state index in [0.29, 0.717) is 25.1 Å². The summed E-state index contributed by atoms with van der Waals surface area (Å²) in [5.74, 6) is 1.14. The maximum absolute atomic E-state index is 11.3. The molecule has 130 valence electrons. The van der Waals surface area contributed by atoms with Gasteiger partial charge in [0.2, 0.25) is 11.9 Å². The predicted octanol–water partition coefficient (Wildman–Crippen LogP) is 1.22. The molecule has 0 aromatic carbocycles. The van der Waals surface area contributed by atoms with E-state index < -0.39 is 0 Å². The summed E-state index contributed by atoms with van der Waals surface area (Å²) in [5.41, 5.74) is 1.13. The van der Waals surface area contributed by atoms with Crippen LogP contribution in [0, 0.1) is 0 Å². The molecule has 2 saturated heterocycles. The first-order chi connectivity index (χ1) is 11.7. The number of aromatic nitrogens is 2. The van der Waals surface area contributed by atoms with Crippen molar-refractivity contribution in [3.8, 4) is 0 Å². The molecule has 3 aliphatic rings. The molecule has 1 aromatic heterocycles. The van der Waals surface area contributed by atoms with Gasteiger partial charge in [-0.1, -0.05) is 12.8 Å². The van der Waals surface area contributed by atoms with Crippen molar-refractivity contribution in [3.63, 3.8) is 0 Å². The lowest BCUT2D eigenvalue weighted by Crippen LogP contribution is -2.44. The summed E-state index contributed by atoms with van der Waals surface area (Å²) in [4.78, 5) is 20.3. The van der Waals surface area contributed by atoms with E-state index in [2.05, 4.69) is 15.6 Å². The molecule has 1 amide bonds. The number of carbonyl (C=O) groups is 1. The van der Waals surface area contributed by atoms with Crippen LogP contribution in [0.4, 0.5) is 5.95 Å². The highest BCUT2D eigenvalue weighted by molar-refractivity contribution is 5.73. The zero-order valence-electron chi connectivity index (χ0n) is 13.9. The molecule has 2 N–H and O–H groups in total. The number of nitrogens with one attached hydrogen (secondary N) is 2. The fourth-order valence-electron chi connectivity index (χ4n) is 4.06. The van der Waals surface area contributed by atoms with Crippen LogP contribution in [0.5, 0.6) is 0 Å². The van der Waals surface area contributed by atoms with Crippen molar-refractivity contribution in [2.75, 3.05) is 18.5 Å². The van der Waals surface area contributed by atoms with E-state index in [-0.39, 0.29) is 30.2 Å². The topological polar surface area (TPSA) is 85.4 Å². The van der Waals surface area contributed by atoms with Crippen LogP contribution in [0.3, 0.4) is 0 Å². The molecule has 24 heavy (non-hydrogen) atoms. The summed E-state index contributed by atoms with van der Waals surface area (Å²) < 4.78 is 11.7. The predicted molar refractivity (Wildman–Crippen MR) is 87.7 cm³/mol. The summed E-state index contributed by atoms with van der Waals surface area (Å²) in [6, 6.07) is 1.95. The van der Waals surface area contributed by atoms with Gasteiger partial charge in [-0.25, -0.2) is 9.97 Å². The van der Waals surface area contributed by atoms with E-state index in [9.17, 15) is 4.79 Å². The minimum atomic E-state index is -0.107. The molecule has 4 atom stereocenters.